The zero-order valence-electron chi connectivity index (χ0n) is 18.0. The van der Waals surface area contributed by atoms with Crippen molar-refractivity contribution < 1.29 is 33.0 Å². The van der Waals surface area contributed by atoms with Gasteiger partial charge in [0, 0.05) is 12.3 Å². The molecule has 0 radical (unpaired) electrons. The van der Waals surface area contributed by atoms with Crippen LogP contribution in [0.4, 0.5) is 8.78 Å². The number of carbonyl (C=O) groups excluding carboxylic acids is 2. The maximum Gasteiger partial charge on any atom is 0.305 e. The molecule has 1 rings (SSSR count). The predicted octanol–water partition coefficient (Wildman–Crippen LogP) is 4.98. The fraction of sp³-hybridized carbons (Fsp3) is 0.652. The number of ether oxygens (including phenoxy) is 2. The van der Waals surface area contributed by atoms with Crippen molar-refractivity contribution in [2.45, 2.75) is 77.7 Å². The Morgan fingerprint density at radius 3 is 2.43 bits per heavy atom. The molecule has 1 N–H and O–H groups in total. The molecule has 0 aliphatic carbocycles. The van der Waals surface area contributed by atoms with Crippen LogP contribution in [0.15, 0.2) is 18.2 Å². The summed E-state index contributed by atoms with van der Waals surface area (Å²) in [5.41, 5.74) is 0. The number of carbonyl (C=O) groups is 2. The van der Waals surface area contributed by atoms with Gasteiger partial charge in [-0.1, -0.05) is 31.7 Å². The average molecular weight is 429 g/mol. The maximum absolute atomic E-state index is 13.5. The van der Waals surface area contributed by atoms with E-state index in [2.05, 4.69) is 0 Å². The van der Waals surface area contributed by atoms with Gasteiger partial charge in [-0.15, -0.1) is 0 Å². The Kier molecular flexibility index (Phi) is 12.9. The SMILES string of the molecule is CCOC(=O)CCCCCCC(CCCC(O)COc1cccc(F)c1F)C(C)=O. The van der Waals surface area contributed by atoms with Crippen LogP contribution in [0.5, 0.6) is 5.75 Å². The van der Waals surface area contributed by atoms with E-state index < -0.39 is 17.7 Å². The summed E-state index contributed by atoms with van der Waals surface area (Å²) in [5, 5.41) is 10.0. The van der Waals surface area contributed by atoms with E-state index in [9.17, 15) is 23.5 Å². The highest BCUT2D eigenvalue weighted by Gasteiger charge is 2.16. The molecule has 0 saturated heterocycles. The summed E-state index contributed by atoms with van der Waals surface area (Å²) < 4.78 is 36.7. The van der Waals surface area contributed by atoms with E-state index in [1.807, 2.05) is 0 Å². The second kappa shape index (κ2) is 14.9. The number of ketones is 1. The largest absolute Gasteiger partial charge is 0.488 e. The van der Waals surface area contributed by atoms with Crippen LogP contribution in [0.2, 0.25) is 0 Å². The third-order valence-corrected chi connectivity index (χ3v) is 5.00. The number of rotatable bonds is 16. The highest BCUT2D eigenvalue weighted by molar-refractivity contribution is 5.78. The monoisotopic (exact) mass is 428 g/mol. The number of halogens is 2. The molecule has 30 heavy (non-hydrogen) atoms. The Hall–Kier alpha value is -2.02. The summed E-state index contributed by atoms with van der Waals surface area (Å²) in [6.07, 6.45) is 5.73. The van der Waals surface area contributed by atoms with E-state index in [1.165, 1.54) is 12.1 Å². The van der Waals surface area contributed by atoms with Crippen LogP contribution in [0.25, 0.3) is 0 Å². The quantitative estimate of drug-likeness (QED) is 0.297. The first-order valence-electron chi connectivity index (χ1n) is 10.8. The number of Topliss-reactive ketones (excluding diaryl/α,β-unsaturated/α-hetero) is 1. The van der Waals surface area contributed by atoms with Crippen LogP contribution in [0, 0.1) is 17.6 Å². The summed E-state index contributed by atoms with van der Waals surface area (Å²) >= 11 is 0. The molecule has 0 aliphatic heterocycles. The van der Waals surface area contributed by atoms with Gasteiger partial charge in [0.25, 0.3) is 0 Å². The van der Waals surface area contributed by atoms with E-state index >= 15 is 0 Å². The fourth-order valence-corrected chi connectivity index (χ4v) is 3.26. The van der Waals surface area contributed by atoms with Crippen molar-refractivity contribution in [1.29, 1.82) is 0 Å². The minimum absolute atomic E-state index is 0.0520. The van der Waals surface area contributed by atoms with Crippen molar-refractivity contribution in [2.75, 3.05) is 13.2 Å². The highest BCUT2D eigenvalue weighted by atomic mass is 19.2. The Morgan fingerprint density at radius 2 is 1.73 bits per heavy atom. The van der Waals surface area contributed by atoms with Crippen LogP contribution >= 0.6 is 0 Å². The van der Waals surface area contributed by atoms with E-state index in [-0.39, 0.29) is 30.0 Å². The van der Waals surface area contributed by atoms with E-state index in [0.29, 0.717) is 32.3 Å². The normalized spacial score (nSPS) is 13.0. The lowest BCUT2D eigenvalue weighted by atomic mass is 9.91. The number of unbranched alkanes of at least 4 members (excludes halogenated alkanes) is 3. The second-order valence-corrected chi connectivity index (χ2v) is 7.51. The molecule has 2 unspecified atom stereocenters. The van der Waals surface area contributed by atoms with Gasteiger partial charge in [-0.2, -0.15) is 4.39 Å². The number of hydrogen-bond donors (Lipinski definition) is 1. The van der Waals surface area contributed by atoms with Crippen LogP contribution in [0.1, 0.15) is 71.6 Å². The summed E-state index contributed by atoms with van der Waals surface area (Å²) in [6, 6.07) is 3.65. The van der Waals surface area contributed by atoms with Gasteiger partial charge in [-0.05, 0) is 51.7 Å². The van der Waals surface area contributed by atoms with E-state index in [0.717, 1.165) is 38.2 Å². The minimum Gasteiger partial charge on any atom is -0.488 e. The summed E-state index contributed by atoms with van der Waals surface area (Å²) in [6.45, 7) is 3.64. The highest BCUT2D eigenvalue weighted by Crippen LogP contribution is 2.21. The summed E-state index contributed by atoms with van der Waals surface area (Å²) in [7, 11) is 0. The van der Waals surface area contributed by atoms with Gasteiger partial charge in [0.1, 0.15) is 12.4 Å². The lowest BCUT2D eigenvalue weighted by Gasteiger charge is -2.16. The third-order valence-electron chi connectivity index (χ3n) is 5.00. The van der Waals surface area contributed by atoms with Crippen LogP contribution in [-0.2, 0) is 14.3 Å². The number of esters is 1. The lowest BCUT2D eigenvalue weighted by molar-refractivity contribution is -0.143. The zero-order valence-corrected chi connectivity index (χ0v) is 18.0. The molecule has 0 heterocycles. The number of benzene rings is 1. The minimum atomic E-state index is -1.07. The Balaban J connectivity index is 2.20. The second-order valence-electron chi connectivity index (χ2n) is 7.51. The van der Waals surface area contributed by atoms with Gasteiger partial charge in [-0.3, -0.25) is 9.59 Å². The van der Waals surface area contributed by atoms with Crippen molar-refractivity contribution in [2.24, 2.45) is 5.92 Å². The first-order chi connectivity index (χ1) is 14.3. The molecule has 0 bridgehead atoms. The number of aliphatic hydroxyl groups is 1. The van der Waals surface area contributed by atoms with E-state index in [1.54, 1.807) is 13.8 Å². The molecular formula is C23H34F2O5. The van der Waals surface area contributed by atoms with E-state index in [4.69, 9.17) is 9.47 Å². The molecule has 7 heteroatoms. The molecule has 0 fully saturated rings. The van der Waals surface area contributed by atoms with Gasteiger partial charge < -0.3 is 14.6 Å². The predicted molar refractivity (Wildman–Crippen MR) is 110 cm³/mol. The lowest BCUT2D eigenvalue weighted by Crippen LogP contribution is -2.19. The average Bonchev–Trinajstić information content (AvgIpc) is 2.70. The van der Waals surface area contributed by atoms with Crippen molar-refractivity contribution in [3.05, 3.63) is 29.8 Å². The molecule has 0 aromatic heterocycles. The van der Waals surface area contributed by atoms with Crippen molar-refractivity contribution in [3.63, 3.8) is 0 Å². The van der Waals surface area contributed by atoms with Gasteiger partial charge in [0.2, 0.25) is 5.82 Å². The molecule has 2 atom stereocenters. The van der Waals surface area contributed by atoms with Crippen molar-refractivity contribution in [1.82, 2.24) is 0 Å². The van der Waals surface area contributed by atoms with Gasteiger partial charge >= 0.3 is 5.97 Å². The summed E-state index contributed by atoms with van der Waals surface area (Å²) in [4.78, 5) is 23.1. The fourth-order valence-electron chi connectivity index (χ4n) is 3.26. The molecule has 0 saturated carbocycles. The molecule has 0 spiro atoms. The Morgan fingerprint density at radius 1 is 1.03 bits per heavy atom. The molecule has 0 aliphatic rings. The zero-order chi connectivity index (χ0) is 22.4. The molecule has 5 nitrogen and oxygen atoms in total. The maximum atomic E-state index is 13.5. The molecule has 170 valence electrons. The summed E-state index contributed by atoms with van der Waals surface area (Å²) in [5.74, 6) is -2.37. The molecular weight excluding hydrogens is 394 g/mol. The molecule has 0 amide bonds. The van der Waals surface area contributed by atoms with Gasteiger partial charge in [0.05, 0.1) is 12.7 Å². The standard InChI is InChI=1S/C23H34F2O5/c1-3-29-22(28)15-7-5-4-6-10-18(17(2)26)11-8-12-19(27)16-30-21-14-9-13-20(24)23(21)25/h9,13-14,18-19,27H,3-8,10-12,15-16H2,1-2H3. The Labute approximate surface area is 177 Å². The Bertz CT molecular complexity index is 650. The van der Waals surface area contributed by atoms with Crippen molar-refractivity contribution >= 4 is 11.8 Å². The first-order valence-corrected chi connectivity index (χ1v) is 10.8. The van der Waals surface area contributed by atoms with Crippen LogP contribution in [0.3, 0.4) is 0 Å². The van der Waals surface area contributed by atoms with Crippen LogP contribution in [-0.4, -0.2) is 36.2 Å². The van der Waals surface area contributed by atoms with Gasteiger partial charge in [-0.25, -0.2) is 4.39 Å². The molecule has 1 aromatic carbocycles. The van der Waals surface area contributed by atoms with Crippen molar-refractivity contribution in [3.8, 4) is 5.75 Å². The third kappa shape index (κ3) is 10.7. The topological polar surface area (TPSA) is 72.8 Å². The number of hydrogen-bond acceptors (Lipinski definition) is 5. The molecule has 1 aromatic rings. The van der Waals surface area contributed by atoms with Crippen LogP contribution < -0.4 is 4.74 Å². The number of aliphatic hydroxyl groups excluding tert-OH is 1. The smallest absolute Gasteiger partial charge is 0.305 e. The van der Waals surface area contributed by atoms with Gasteiger partial charge in [0.15, 0.2) is 11.6 Å². The first kappa shape index (κ1) is 26.0.